The van der Waals surface area contributed by atoms with Crippen LogP contribution < -0.4 is 10.6 Å². The minimum absolute atomic E-state index is 0.109. The third-order valence-electron chi connectivity index (χ3n) is 3.33. The number of primary sulfonamides is 1. The Balaban J connectivity index is 2.81. The topological polar surface area (TPSA) is 125 Å². The van der Waals surface area contributed by atoms with Crippen LogP contribution in [0.3, 0.4) is 0 Å². The Morgan fingerprint density at radius 3 is 2.31 bits per heavy atom. The van der Waals surface area contributed by atoms with Gasteiger partial charge >= 0.3 is 10.2 Å². The summed E-state index contributed by atoms with van der Waals surface area (Å²) in [5.41, 5.74) is 1.34. The van der Waals surface area contributed by atoms with Crippen LogP contribution in [0.2, 0.25) is 5.02 Å². The van der Waals surface area contributed by atoms with Crippen molar-refractivity contribution < 1.29 is 30.0 Å². The number of alkyl halides is 2. The number of hydrogen-bond donors (Lipinski definition) is 2. The summed E-state index contributed by atoms with van der Waals surface area (Å²) in [4.78, 5) is 0.441. The van der Waals surface area contributed by atoms with Crippen LogP contribution in [0.15, 0.2) is 23.2 Å². The summed E-state index contributed by atoms with van der Waals surface area (Å²) in [6, 6.07) is 2.33. The van der Waals surface area contributed by atoms with Gasteiger partial charge in [-0.15, -0.1) is 0 Å². The van der Waals surface area contributed by atoms with Gasteiger partial charge in [-0.25, -0.2) is 31.7 Å². The Labute approximate surface area is 152 Å². The van der Waals surface area contributed by atoms with Crippen LogP contribution in [0.5, 0.6) is 0 Å². The normalized spacial score (nSPS) is 21.6. The fourth-order valence-corrected chi connectivity index (χ4v) is 4.34. The van der Waals surface area contributed by atoms with Gasteiger partial charge in [0.25, 0.3) is 21.4 Å². The van der Waals surface area contributed by atoms with Gasteiger partial charge in [0.05, 0.1) is 5.02 Å². The number of sulfonamides is 1. The first kappa shape index (κ1) is 20.9. The molecule has 0 saturated heterocycles. The van der Waals surface area contributed by atoms with E-state index in [1.165, 1.54) is 0 Å². The predicted molar refractivity (Wildman–Crippen MR) is 87.2 cm³/mol. The van der Waals surface area contributed by atoms with Crippen LogP contribution in [0.1, 0.15) is 5.56 Å². The van der Waals surface area contributed by atoms with Crippen molar-refractivity contribution in [3.8, 4) is 0 Å². The Hall–Kier alpha value is -1.45. The zero-order chi connectivity index (χ0) is 20.1. The van der Waals surface area contributed by atoms with Gasteiger partial charge in [-0.05, 0) is 18.2 Å². The molecule has 0 spiro atoms. The first-order valence-electron chi connectivity index (χ1n) is 6.60. The van der Waals surface area contributed by atoms with Crippen LogP contribution in [0, 0.1) is 5.82 Å². The van der Waals surface area contributed by atoms with Crippen LogP contribution in [-0.2, 0) is 25.2 Å². The molecule has 1 unspecified atom stereocenters. The molecule has 0 bridgehead atoms. The van der Waals surface area contributed by atoms with Crippen molar-refractivity contribution >= 4 is 37.7 Å². The molecule has 0 aliphatic carbocycles. The number of benzene rings is 1. The fraction of sp³-hybridized carbons (Fsp3) is 0.364. The molecular weight excluding hydrogens is 423 g/mol. The second-order valence-corrected chi connectivity index (χ2v) is 9.33. The predicted octanol–water partition coefficient (Wildman–Crippen LogP) is 0.168. The number of halogens is 4. The lowest BCUT2D eigenvalue weighted by molar-refractivity contribution is 0.209. The lowest BCUT2D eigenvalue weighted by atomic mass is 10.1. The molecule has 0 saturated carbocycles. The zero-order valence-corrected chi connectivity index (χ0v) is 15.6. The molecule has 15 heteroatoms. The molecule has 0 amide bonds. The largest absolute Gasteiger partial charge is 0.318 e. The highest BCUT2D eigenvalue weighted by molar-refractivity contribution is 7.90. The fourth-order valence-electron chi connectivity index (χ4n) is 2.07. The summed E-state index contributed by atoms with van der Waals surface area (Å²) in [7, 11) is -7.47. The van der Waals surface area contributed by atoms with E-state index >= 15 is 0 Å². The molecule has 1 atom stereocenters. The number of hydrazine groups is 1. The molecule has 0 radical (unpaired) electrons. The minimum atomic E-state index is -4.90. The number of amidine groups is 1. The minimum Gasteiger partial charge on any atom is -0.225 e. The van der Waals surface area contributed by atoms with E-state index in [-0.39, 0.29) is 4.41 Å². The van der Waals surface area contributed by atoms with E-state index in [2.05, 4.69) is 4.99 Å². The molecule has 146 valence electrons. The van der Waals surface area contributed by atoms with Crippen molar-refractivity contribution in [1.29, 1.82) is 0 Å². The summed E-state index contributed by atoms with van der Waals surface area (Å²) in [5, 5.41) is 4.61. The van der Waals surface area contributed by atoms with Gasteiger partial charge < -0.3 is 0 Å². The maximum Gasteiger partial charge on any atom is 0.318 e. The maximum atomic E-state index is 13.4. The monoisotopic (exact) mass is 435 g/mol. The molecule has 9 nitrogen and oxygen atoms in total. The molecule has 0 aromatic heterocycles. The summed E-state index contributed by atoms with van der Waals surface area (Å²) < 4.78 is 89.4. The van der Waals surface area contributed by atoms with Crippen molar-refractivity contribution in [2.75, 3.05) is 14.1 Å². The number of nitrogens with zero attached hydrogens (tertiary/aromatic N) is 3. The van der Waals surface area contributed by atoms with Crippen LogP contribution >= 0.6 is 11.6 Å². The zero-order valence-electron chi connectivity index (χ0n) is 13.2. The van der Waals surface area contributed by atoms with E-state index in [9.17, 15) is 30.0 Å². The third-order valence-corrected chi connectivity index (χ3v) is 6.53. The van der Waals surface area contributed by atoms with Gasteiger partial charge in [-0.3, -0.25) is 0 Å². The second-order valence-electron chi connectivity index (χ2n) is 5.25. The van der Waals surface area contributed by atoms with Gasteiger partial charge in [0.15, 0.2) is 0 Å². The Morgan fingerprint density at radius 1 is 1.31 bits per heavy atom. The maximum absolute atomic E-state index is 13.4. The van der Waals surface area contributed by atoms with Gasteiger partial charge in [0.2, 0.25) is 5.84 Å². The average molecular weight is 436 g/mol. The highest BCUT2D eigenvalue weighted by Gasteiger charge is 2.56. The van der Waals surface area contributed by atoms with Crippen molar-refractivity contribution in [3.05, 3.63) is 34.6 Å². The van der Waals surface area contributed by atoms with Crippen molar-refractivity contribution in [2.24, 2.45) is 10.1 Å². The van der Waals surface area contributed by atoms with E-state index in [4.69, 9.17) is 16.7 Å². The number of hydrogen-bond acceptors (Lipinski definition) is 6. The van der Waals surface area contributed by atoms with Crippen LogP contribution in [0.25, 0.3) is 0 Å². The smallest absolute Gasteiger partial charge is 0.225 e. The van der Waals surface area contributed by atoms with E-state index in [0.717, 1.165) is 26.2 Å². The second kappa shape index (κ2) is 6.61. The SMILES string of the molecule is CN(C)S(=O)(=O)N1NC(c2ccc(F)cc2Cl)(S(N)(=O)=O)N=C1C(F)F. The van der Waals surface area contributed by atoms with Gasteiger partial charge in [0, 0.05) is 19.7 Å². The molecule has 1 aromatic rings. The molecule has 1 aromatic carbocycles. The van der Waals surface area contributed by atoms with Crippen LogP contribution in [0.4, 0.5) is 13.2 Å². The molecule has 1 aliphatic heterocycles. The quantitative estimate of drug-likeness (QED) is 0.682. The Morgan fingerprint density at radius 2 is 1.88 bits per heavy atom. The van der Waals surface area contributed by atoms with E-state index in [1.807, 2.05) is 5.43 Å². The standard InChI is InChI=1S/C11H13ClF3N5O4S2/c1-19(2)26(23,24)20-10(9(14)15)17-11(18-20,25(16,21)22)7-4-3-6(13)5-8(7)12/h3-5,9,18H,1-2H3,(H2,16,21,22). The third kappa shape index (κ3) is 3.27. The summed E-state index contributed by atoms with van der Waals surface area (Å²) in [6.45, 7) is 0. The Kier molecular flexibility index (Phi) is 5.31. The van der Waals surface area contributed by atoms with Crippen molar-refractivity contribution in [1.82, 2.24) is 14.1 Å². The first-order chi connectivity index (χ1) is 11.7. The lowest BCUT2D eigenvalue weighted by Crippen LogP contribution is -2.57. The molecule has 1 heterocycles. The molecule has 0 fully saturated rings. The molecule has 26 heavy (non-hydrogen) atoms. The lowest BCUT2D eigenvalue weighted by Gasteiger charge is -2.29. The Bertz CT molecular complexity index is 970. The van der Waals surface area contributed by atoms with Gasteiger partial charge in [0.1, 0.15) is 5.82 Å². The number of nitrogens with one attached hydrogen (secondary N) is 1. The molecule has 3 N–H and O–H groups in total. The van der Waals surface area contributed by atoms with Crippen molar-refractivity contribution in [2.45, 2.75) is 11.4 Å². The highest BCUT2D eigenvalue weighted by atomic mass is 35.5. The molecule has 2 rings (SSSR count). The number of rotatable bonds is 5. The summed E-state index contributed by atoms with van der Waals surface area (Å²) in [5.74, 6) is -2.27. The molecular formula is C11H13ClF3N5O4S2. The van der Waals surface area contributed by atoms with E-state index < -0.39 is 53.9 Å². The average Bonchev–Trinajstić information content (AvgIpc) is 2.89. The molecule has 1 aliphatic rings. The highest BCUT2D eigenvalue weighted by Crippen LogP contribution is 2.38. The van der Waals surface area contributed by atoms with E-state index in [1.54, 1.807) is 0 Å². The summed E-state index contributed by atoms with van der Waals surface area (Å²) in [6.07, 6.45) is -3.49. The number of nitrogens with two attached hydrogens (primary N) is 1. The van der Waals surface area contributed by atoms with Gasteiger partial charge in [-0.2, -0.15) is 22.6 Å². The van der Waals surface area contributed by atoms with E-state index in [0.29, 0.717) is 10.4 Å². The number of aliphatic imine (C=N–C) groups is 1. The summed E-state index contributed by atoms with van der Waals surface area (Å²) >= 11 is 5.82. The van der Waals surface area contributed by atoms with Crippen LogP contribution in [-0.4, -0.2) is 51.9 Å². The first-order valence-corrected chi connectivity index (χ1v) is 9.92. The van der Waals surface area contributed by atoms with Crippen molar-refractivity contribution in [3.63, 3.8) is 0 Å². The van der Waals surface area contributed by atoms with Gasteiger partial charge in [-0.1, -0.05) is 11.6 Å².